The van der Waals surface area contributed by atoms with Crippen LogP contribution in [0.25, 0.3) is 0 Å². The number of carbonyl (C=O) groups is 3. The van der Waals surface area contributed by atoms with Crippen molar-refractivity contribution in [1.29, 1.82) is 0 Å². The third-order valence-corrected chi connectivity index (χ3v) is 9.70. The Balaban J connectivity index is 0.000000493. The van der Waals surface area contributed by atoms with Crippen LogP contribution in [0, 0.1) is 0 Å². The van der Waals surface area contributed by atoms with E-state index in [0.29, 0.717) is 18.6 Å². The smallest absolute Gasteiger partial charge is 0.326 e. The van der Waals surface area contributed by atoms with E-state index < -0.39 is 31.1 Å². The molecular weight excluding hydrogens is 472 g/mol. The van der Waals surface area contributed by atoms with Gasteiger partial charge in [0.25, 0.3) is 0 Å². The second-order valence-electron chi connectivity index (χ2n) is 11.7. The molecule has 2 aliphatic heterocycles. The van der Waals surface area contributed by atoms with Crippen molar-refractivity contribution < 1.29 is 23.9 Å². The predicted octanol–water partition coefficient (Wildman–Crippen LogP) is 5.07. The Hall–Kier alpha value is -2.45. The van der Waals surface area contributed by atoms with Crippen LogP contribution >= 0.6 is 0 Å². The first-order chi connectivity index (χ1) is 16.6. The van der Waals surface area contributed by atoms with Gasteiger partial charge in [0.1, 0.15) is 17.6 Å². The van der Waals surface area contributed by atoms with Crippen LogP contribution in [0.1, 0.15) is 59.4 Å². The van der Waals surface area contributed by atoms with E-state index in [1.807, 2.05) is 31.2 Å². The molecule has 0 saturated carbocycles. The summed E-state index contributed by atoms with van der Waals surface area (Å²) in [6, 6.07) is 6.96. The van der Waals surface area contributed by atoms with Gasteiger partial charge in [-0.2, -0.15) is 0 Å². The first-order valence-corrected chi connectivity index (χ1v) is 16.3. The lowest BCUT2D eigenvalue weighted by molar-refractivity contribution is -0.162. The molecule has 1 saturated heterocycles. The first kappa shape index (κ1) is 29.8. The Morgan fingerprint density at radius 3 is 2.36 bits per heavy atom. The van der Waals surface area contributed by atoms with Gasteiger partial charge in [-0.25, -0.2) is 0 Å². The molecule has 200 valence electrons. The van der Waals surface area contributed by atoms with Crippen molar-refractivity contribution in [2.45, 2.75) is 96.3 Å². The van der Waals surface area contributed by atoms with Crippen molar-refractivity contribution in [3.05, 3.63) is 42.0 Å². The van der Waals surface area contributed by atoms with Crippen LogP contribution in [-0.2, 0) is 29.3 Å². The highest BCUT2D eigenvalue weighted by molar-refractivity contribution is 6.77. The number of piperidine rings is 1. The van der Waals surface area contributed by atoms with Crippen molar-refractivity contribution in [3.8, 4) is 0 Å². The molecule has 1 aromatic carbocycles. The summed E-state index contributed by atoms with van der Waals surface area (Å²) in [4.78, 5) is 40.0. The molecule has 0 radical (unpaired) electrons. The molecule has 1 aromatic rings. The normalized spacial score (nSPS) is 22.4. The van der Waals surface area contributed by atoms with Crippen LogP contribution in [0.2, 0.25) is 19.6 Å². The topological polar surface area (TPSA) is 84.9 Å². The number of hydrogen-bond acceptors (Lipinski definition) is 5. The number of nitrogens with one attached hydrogen (secondary N) is 1. The van der Waals surface area contributed by atoms with Gasteiger partial charge >= 0.3 is 5.97 Å². The van der Waals surface area contributed by atoms with Gasteiger partial charge in [0.05, 0.1) is 14.1 Å². The zero-order valence-corrected chi connectivity index (χ0v) is 24.5. The van der Waals surface area contributed by atoms with E-state index in [4.69, 9.17) is 9.47 Å². The van der Waals surface area contributed by atoms with E-state index in [1.54, 1.807) is 27.9 Å². The van der Waals surface area contributed by atoms with E-state index in [9.17, 15) is 14.4 Å². The summed E-state index contributed by atoms with van der Waals surface area (Å²) < 4.78 is 10.6. The van der Waals surface area contributed by atoms with Gasteiger partial charge in [-0.3, -0.25) is 14.4 Å². The zero-order chi connectivity index (χ0) is 27.5. The molecule has 0 bridgehead atoms. The molecule has 3 unspecified atom stereocenters. The number of amides is 2. The SMILES string of the molecule is C=C(CC)C1N(CC(=O)OC(C)(C)C)C(=O)CCC12C(=O)Nc1ccccc12.COC(C)[Si](C)(C)C. The van der Waals surface area contributed by atoms with Crippen molar-refractivity contribution in [2.24, 2.45) is 0 Å². The van der Waals surface area contributed by atoms with Gasteiger partial charge < -0.3 is 19.7 Å². The molecule has 2 heterocycles. The highest BCUT2D eigenvalue weighted by Crippen LogP contribution is 2.49. The quantitative estimate of drug-likeness (QED) is 0.324. The summed E-state index contributed by atoms with van der Waals surface area (Å²) >= 11 is 0. The summed E-state index contributed by atoms with van der Waals surface area (Å²) in [5, 5.41) is 2.96. The van der Waals surface area contributed by atoms with Gasteiger partial charge in [0, 0.05) is 24.9 Å². The largest absolute Gasteiger partial charge is 0.459 e. The summed E-state index contributed by atoms with van der Waals surface area (Å²) in [5.41, 5.74) is 1.28. The Morgan fingerprint density at radius 2 is 1.86 bits per heavy atom. The Labute approximate surface area is 217 Å². The van der Waals surface area contributed by atoms with Crippen LogP contribution in [0.4, 0.5) is 5.69 Å². The zero-order valence-electron chi connectivity index (χ0n) is 23.5. The third-order valence-electron chi connectivity index (χ3n) is 7.03. The number of fused-ring (bicyclic) bond motifs is 2. The molecule has 3 rings (SSSR count). The molecule has 0 aromatic heterocycles. The Bertz CT molecular complexity index is 994. The lowest BCUT2D eigenvalue weighted by Crippen LogP contribution is -2.61. The average molecular weight is 517 g/mol. The summed E-state index contributed by atoms with van der Waals surface area (Å²) in [6.45, 7) is 20.3. The predicted molar refractivity (Wildman–Crippen MR) is 147 cm³/mol. The second kappa shape index (κ2) is 11.3. The second-order valence-corrected chi connectivity index (χ2v) is 17.3. The van der Waals surface area contributed by atoms with Crippen LogP contribution in [0.15, 0.2) is 36.4 Å². The maximum atomic E-state index is 13.2. The molecule has 8 heteroatoms. The van der Waals surface area contributed by atoms with E-state index in [0.717, 1.165) is 16.8 Å². The number of rotatable bonds is 6. The standard InChI is InChI=1S/C22H28N2O4.C6H16OSi/c1-6-14(2)19-22(15-9-7-8-10-16(15)23-20(22)27)12-11-17(25)24(19)13-18(26)28-21(3,4)5;1-6(7-2)8(3,4)5/h7-10,19H,2,6,11-13H2,1,3-5H3,(H,23,27);6H,1-5H3. The van der Waals surface area contributed by atoms with E-state index in [1.165, 1.54) is 4.90 Å². The number of esters is 1. The number of methoxy groups -OCH3 is 1. The van der Waals surface area contributed by atoms with E-state index >= 15 is 0 Å². The van der Waals surface area contributed by atoms with Crippen molar-refractivity contribution in [2.75, 3.05) is 19.0 Å². The molecule has 0 aliphatic carbocycles. The van der Waals surface area contributed by atoms with Crippen LogP contribution in [0.5, 0.6) is 0 Å². The number of carbonyl (C=O) groups excluding carboxylic acids is 3. The molecule has 1 N–H and O–H groups in total. The molecule has 1 spiro atoms. The number of ether oxygens (including phenoxy) is 2. The van der Waals surface area contributed by atoms with Crippen LogP contribution < -0.4 is 5.32 Å². The molecule has 2 aliphatic rings. The van der Waals surface area contributed by atoms with Crippen molar-refractivity contribution in [1.82, 2.24) is 4.90 Å². The Morgan fingerprint density at radius 1 is 1.25 bits per heavy atom. The maximum Gasteiger partial charge on any atom is 0.326 e. The molecule has 2 amide bonds. The van der Waals surface area contributed by atoms with Gasteiger partial charge in [0.2, 0.25) is 11.8 Å². The number of hydrogen-bond donors (Lipinski definition) is 1. The first-order valence-electron chi connectivity index (χ1n) is 12.7. The minimum absolute atomic E-state index is 0.144. The molecule has 3 atom stereocenters. The fourth-order valence-corrected chi connectivity index (χ4v) is 5.37. The third kappa shape index (κ3) is 6.45. The molecule has 36 heavy (non-hydrogen) atoms. The minimum Gasteiger partial charge on any atom is -0.459 e. The fourth-order valence-electron chi connectivity index (χ4n) is 4.66. The van der Waals surface area contributed by atoms with Gasteiger partial charge in [-0.15, -0.1) is 0 Å². The van der Waals surface area contributed by atoms with Gasteiger partial charge in [0.15, 0.2) is 0 Å². The fraction of sp³-hybridized carbons (Fsp3) is 0.607. The van der Waals surface area contributed by atoms with Gasteiger partial charge in [-0.1, -0.05) is 56.9 Å². The molecule has 1 fully saturated rings. The molecular formula is C28H44N2O5Si. The summed E-state index contributed by atoms with van der Waals surface area (Å²) in [7, 11) is 0.798. The highest BCUT2D eigenvalue weighted by atomic mass is 28.3. The van der Waals surface area contributed by atoms with Crippen LogP contribution in [0.3, 0.4) is 0 Å². The van der Waals surface area contributed by atoms with Crippen molar-refractivity contribution >= 4 is 31.5 Å². The number of likely N-dealkylation sites (tertiary alicyclic amines) is 1. The minimum atomic E-state index is -0.983. The number of benzene rings is 1. The number of nitrogens with zero attached hydrogens (tertiary/aromatic N) is 1. The maximum absolute atomic E-state index is 13.2. The monoisotopic (exact) mass is 516 g/mol. The van der Waals surface area contributed by atoms with E-state index in [2.05, 4.69) is 38.5 Å². The lowest BCUT2D eigenvalue weighted by Gasteiger charge is -2.47. The highest BCUT2D eigenvalue weighted by Gasteiger charge is 2.58. The molecule has 7 nitrogen and oxygen atoms in total. The number of anilines is 1. The summed E-state index contributed by atoms with van der Waals surface area (Å²) in [6.07, 6.45) is 1.18. The Kier molecular flexibility index (Phi) is 9.34. The summed E-state index contributed by atoms with van der Waals surface area (Å²) in [5.74, 6) is -0.790. The lowest BCUT2D eigenvalue weighted by atomic mass is 9.66. The van der Waals surface area contributed by atoms with Crippen LogP contribution in [-0.4, -0.2) is 61.8 Å². The van der Waals surface area contributed by atoms with Crippen molar-refractivity contribution in [3.63, 3.8) is 0 Å². The van der Waals surface area contributed by atoms with E-state index in [-0.39, 0.29) is 24.8 Å². The van der Waals surface area contributed by atoms with Gasteiger partial charge in [-0.05, 0) is 52.2 Å². The average Bonchev–Trinajstić information content (AvgIpc) is 3.05. The number of para-hydroxylation sites is 1.